The number of nitro groups is 1. The molecular formula is C31H30IN2O2P. The number of nitrogens with zero attached hydrogens (tertiary/aromatic N) is 2. The van der Waals surface area contributed by atoms with Crippen molar-refractivity contribution >= 4 is 39.8 Å². The van der Waals surface area contributed by atoms with E-state index >= 15 is 0 Å². The summed E-state index contributed by atoms with van der Waals surface area (Å²) in [7, 11) is -1.78. The zero-order valence-electron chi connectivity index (χ0n) is 20.6. The van der Waals surface area contributed by atoms with Crippen LogP contribution in [0.15, 0.2) is 121 Å². The topological polar surface area (TPSA) is 48.1 Å². The number of unbranched alkanes of at least 4 members (excludes halogenated alkanes) is 2. The minimum absolute atomic E-state index is 0. The van der Waals surface area contributed by atoms with Gasteiger partial charge in [0.2, 0.25) is 0 Å². The SMILES string of the molecule is O=[N+]([O-])c1ccc2c(ccn2CCCCC[P+](c2ccccc2)(c2ccccc2)c2ccccc2)c1.[I-]. The summed E-state index contributed by atoms with van der Waals surface area (Å²) >= 11 is 0. The highest BCUT2D eigenvalue weighted by atomic mass is 127. The molecule has 0 aliphatic heterocycles. The van der Waals surface area contributed by atoms with Gasteiger partial charge in [-0.1, -0.05) is 54.6 Å². The van der Waals surface area contributed by atoms with Crippen molar-refractivity contribution in [3.05, 3.63) is 132 Å². The Hall–Kier alpha value is -3.02. The van der Waals surface area contributed by atoms with Gasteiger partial charge < -0.3 is 28.5 Å². The molecule has 0 saturated heterocycles. The molecule has 0 fully saturated rings. The van der Waals surface area contributed by atoms with Gasteiger partial charge in [0.15, 0.2) is 0 Å². The van der Waals surface area contributed by atoms with Crippen LogP contribution in [0.2, 0.25) is 0 Å². The molecule has 4 nitrogen and oxygen atoms in total. The van der Waals surface area contributed by atoms with E-state index in [4.69, 9.17) is 0 Å². The second-order valence-electron chi connectivity index (χ2n) is 9.11. The van der Waals surface area contributed by atoms with Gasteiger partial charge >= 0.3 is 0 Å². The molecular weight excluding hydrogens is 590 g/mol. The highest BCUT2D eigenvalue weighted by Gasteiger charge is 2.44. The molecule has 5 rings (SSSR count). The van der Waals surface area contributed by atoms with Crippen molar-refractivity contribution in [1.82, 2.24) is 4.57 Å². The fourth-order valence-corrected chi connectivity index (χ4v) is 9.60. The molecule has 0 amide bonds. The molecule has 0 atom stereocenters. The van der Waals surface area contributed by atoms with Gasteiger partial charge in [-0.25, -0.2) is 0 Å². The van der Waals surface area contributed by atoms with Gasteiger partial charge in [0.25, 0.3) is 5.69 Å². The van der Waals surface area contributed by atoms with E-state index in [1.807, 2.05) is 18.3 Å². The summed E-state index contributed by atoms with van der Waals surface area (Å²) in [5.74, 6) is 0. The van der Waals surface area contributed by atoms with Gasteiger partial charge in [-0.15, -0.1) is 0 Å². The van der Waals surface area contributed by atoms with Crippen LogP contribution in [0, 0.1) is 10.1 Å². The Morgan fingerprint density at radius 1 is 0.676 bits per heavy atom. The smallest absolute Gasteiger partial charge is 0.270 e. The lowest BCUT2D eigenvalue weighted by Crippen LogP contribution is -3.00. The van der Waals surface area contributed by atoms with Crippen molar-refractivity contribution < 1.29 is 28.9 Å². The van der Waals surface area contributed by atoms with Crippen molar-refractivity contribution in [2.24, 2.45) is 0 Å². The molecule has 0 unspecified atom stereocenters. The van der Waals surface area contributed by atoms with Crippen LogP contribution in [0.4, 0.5) is 5.69 Å². The maximum Gasteiger partial charge on any atom is 0.270 e. The van der Waals surface area contributed by atoms with Crippen LogP contribution in [0.1, 0.15) is 19.3 Å². The highest BCUT2D eigenvalue weighted by Crippen LogP contribution is 2.55. The molecule has 0 bridgehead atoms. The highest BCUT2D eigenvalue weighted by molar-refractivity contribution is 7.95. The Labute approximate surface area is 235 Å². The van der Waals surface area contributed by atoms with E-state index in [1.165, 1.54) is 15.9 Å². The van der Waals surface area contributed by atoms with E-state index in [2.05, 4.69) is 95.6 Å². The maximum absolute atomic E-state index is 11.1. The molecule has 37 heavy (non-hydrogen) atoms. The first-order chi connectivity index (χ1) is 17.7. The fourth-order valence-electron chi connectivity index (χ4n) is 5.19. The predicted octanol–water partition coefficient (Wildman–Crippen LogP) is 3.72. The third-order valence-electron chi connectivity index (χ3n) is 6.95. The number of hydrogen-bond acceptors (Lipinski definition) is 2. The monoisotopic (exact) mass is 620 g/mol. The molecule has 0 aliphatic rings. The largest absolute Gasteiger partial charge is 1.00 e. The lowest BCUT2D eigenvalue weighted by atomic mass is 10.2. The van der Waals surface area contributed by atoms with E-state index in [0.717, 1.165) is 42.9 Å². The van der Waals surface area contributed by atoms with Crippen LogP contribution in [-0.4, -0.2) is 15.7 Å². The molecule has 0 aliphatic carbocycles. The molecule has 6 heteroatoms. The number of non-ortho nitro benzene ring substituents is 1. The molecule has 0 saturated carbocycles. The molecule has 4 aromatic carbocycles. The summed E-state index contributed by atoms with van der Waals surface area (Å²) in [5.41, 5.74) is 1.20. The predicted molar refractivity (Wildman–Crippen MR) is 152 cm³/mol. The standard InChI is InChI=1S/C31H30N2O2P.HI/c34-33(35)27-19-20-31-26(25-27)21-23-32(31)22-11-4-12-24-36(28-13-5-1-6-14-28,29-15-7-2-8-16-29)30-17-9-3-10-18-30;/h1-3,5-10,13-21,23,25H,4,11-12,22,24H2;1H/q+1;/p-1. The zero-order chi connectivity index (χ0) is 24.8. The van der Waals surface area contributed by atoms with Crippen LogP contribution in [-0.2, 0) is 6.54 Å². The molecule has 1 heterocycles. The average molecular weight is 620 g/mol. The Kier molecular flexibility index (Phi) is 9.12. The van der Waals surface area contributed by atoms with Crippen molar-refractivity contribution in [2.75, 3.05) is 6.16 Å². The Morgan fingerprint density at radius 2 is 1.22 bits per heavy atom. The number of nitro benzene ring substituents is 1. The van der Waals surface area contributed by atoms with Crippen molar-refractivity contribution in [2.45, 2.75) is 25.8 Å². The van der Waals surface area contributed by atoms with Gasteiger partial charge in [0, 0.05) is 35.8 Å². The number of fused-ring (bicyclic) bond motifs is 1. The van der Waals surface area contributed by atoms with Crippen LogP contribution in [0.3, 0.4) is 0 Å². The number of hydrogen-bond donors (Lipinski definition) is 0. The van der Waals surface area contributed by atoms with Gasteiger partial charge in [0.1, 0.15) is 23.2 Å². The van der Waals surface area contributed by atoms with Gasteiger partial charge in [-0.3, -0.25) is 10.1 Å². The average Bonchev–Trinajstić information content (AvgIpc) is 3.34. The first-order valence-corrected chi connectivity index (χ1v) is 14.4. The number of benzene rings is 4. The number of aryl methyl sites for hydroxylation is 1. The number of aromatic nitrogens is 1. The summed E-state index contributed by atoms with van der Waals surface area (Å²) in [5, 5.41) is 16.3. The second kappa shape index (κ2) is 12.5. The fraction of sp³-hybridized carbons (Fsp3) is 0.161. The minimum atomic E-state index is -1.78. The maximum atomic E-state index is 11.1. The number of rotatable bonds is 10. The van der Waals surface area contributed by atoms with Crippen LogP contribution >= 0.6 is 7.26 Å². The van der Waals surface area contributed by atoms with Crippen molar-refractivity contribution in [1.29, 1.82) is 0 Å². The summed E-state index contributed by atoms with van der Waals surface area (Å²) in [6, 6.07) is 40.2. The minimum Gasteiger partial charge on any atom is -1.00 e. The van der Waals surface area contributed by atoms with Gasteiger partial charge in [-0.05, 0) is 67.8 Å². The van der Waals surface area contributed by atoms with Gasteiger partial charge in [0.05, 0.1) is 11.1 Å². The summed E-state index contributed by atoms with van der Waals surface area (Å²) in [4.78, 5) is 10.8. The van der Waals surface area contributed by atoms with Crippen molar-refractivity contribution in [3.63, 3.8) is 0 Å². The zero-order valence-corrected chi connectivity index (χ0v) is 23.7. The quantitative estimate of drug-likeness (QED) is 0.0787. The van der Waals surface area contributed by atoms with Crippen LogP contribution in [0.25, 0.3) is 10.9 Å². The Morgan fingerprint density at radius 3 is 1.73 bits per heavy atom. The Balaban J connectivity index is 0.00000320. The molecule has 0 spiro atoms. The normalized spacial score (nSPS) is 11.2. The molecule has 0 radical (unpaired) electrons. The van der Waals surface area contributed by atoms with E-state index in [9.17, 15) is 10.1 Å². The van der Waals surface area contributed by atoms with E-state index in [0.29, 0.717) is 0 Å². The molecule has 1 aromatic heterocycles. The molecule has 5 aromatic rings. The first-order valence-electron chi connectivity index (χ1n) is 12.5. The first kappa shape index (κ1) is 27.0. The summed E-state index contributed by atoms with van der Waals surface area (Å²) in [6.45, 7) is 0.911. The lowest BCUT2D eigenvalue weighted by molar-refractivity contribution is -0.384. The Bertz CT molecular complexity index is 1340. The second-order valence-corrected chi connectivity index (χ2v) is 12.7. The third-order valence-corrected chi connectivity index (χ3v) is 11.5. The number of halogens is 1. The van der Waals surface area contributed by atoms with Gasteiger partial charge in [-0.2, -0.15) is 0 Å². The lowest BCUT2D eigenvalue weighted by Gasteiger charge is -2.27. The van der Waals surface area contributed by atoms with Crippen molar-refractivity contribution in [3.8, 4) is 0 Å². The van der Waals surface area contributed by atoms with E-state index in [1.54, 1.807) is 12.1 Å². The molecule has 188 valence electrons. The summed E-state index contributed by atoms with van der Waals surface area (Å²) in [6.07, 6.45) is 6.50. The molecule has 0 N–H and O–H groups in total. The van der Waals surface area contributed by atoms with Crippen LogP contribution in [0.5, 0.6) is 0 Å². The van der Waals surface area contributed by atoms with Crippen LogP contribution < -0.4 is 39.9 Å². The third kappa shape index (κ3) is 5.78. The van der Waals surface area contributed by atoms with E-state index < -0.39 is 7.26 Å². The summed E-state index contributed by atoms with van der Waals surface area (Å²) < 4.78 is 2.22. The van der Waals surface area contributed by atoms with E-state index in [-0.39, 0.29) is 34.6 Å².